The molecular formula is C16H30N8O7. The standard InChI is InChI=1S/C16H30N8O7/c17-8(3-4-11(18)26)13(29)24-10(7-25)15(31)23-9(2-1-5-21-16(19)20)14(30)22-6-12(27)28/h8-10,25H,1-7,17H2,(H2,18,26)(H,22,30)(H,23,31)(H,24,29)(H,27,28)(H4,19,20,21). The van der Waals surface area contributed by atoms with Gasteiger partial charge < -0.3 is 49.1 Å². The van der Waals surface area contributed by atoms with E-state index >= 15 is 0 Å². The van der Waals surface area contributed by atoms with Crippen LogP contribution >= 0.6 is 0 Å². The molecule has 0 heterocycles. The zero-order chi connectivity index (χ0) is 24.0. The van der Waals surface area contributed by atoms with E-state index in [1.54, 1.807) is 0 Å². The van der Waals surface area contributed by atoms with Crippen molar-refractivity contribution in [3.8, 4) is 0 Å². The summed E-state index contributed by atoms with van der Waals surface area (Å²) in [5, 5.41) is 24.8. The second kappa shape index (κ2) is 14.5. The summed E-state index contributed by atoms with van der Waals surface area (Å²) >= 11 is 0. The first-order valence-electron chi connectivity index (χ1n) is 9.28. The van der Waals surface area contributed by atoms with Crippen LogP contribution in [0.5, 0.6) is 0 Å². The second-order valence-electron chi connectivity index (χ2n) is 6.48. The maximum absolute atomic E-state index is 12.4. The normalized spacial score (nSPS) is 13.2. The van der Waals surface area contributed by atoms with E-state index in [1.165, 1.54) is 0 Å². The molecule has 0 aliphatic rings. The van der Waals surface area contributed by atoms with Crippen molar-refractivity contribution in [2.24, 2.45) is 27.9 Å². The van der Waals surface area contributed by atoms with Crippen molar-refractivity contribution in [3.63, 3.8) is 0 Å². The molecule has 0 aromatic heterocycles. The minimum atomic E-state index is -1.44. The highest BCUT2D eigenvalue weighted by atomic mass is 16.4. The maximum Gasteiger partial charge on any atom is 0.322 e. The SMILES string of the molecule is NC(=O)CCC(N)C(=O)NC(CO)C(=O)NC(CCCN=C(N)N)C(=O)NCC(=O)O. The van der Waals surface area contributed by atoms with Crippen molar-refractivity contribution in [2.75, 3.05) is 19.7 Å². The molecule has 0 aliphatic carbocycles. The molecule has 0 saturated carbocycles. The minimum Gasteiger partial charge on any atom is -0.480 e. The van der Waals surface area contributed by atoms with Crippen LogP contribution in [0.1, 0.15) is 25.7 Å². The summed E-state index contributed by atoms with van der Waals surface area (Å²) in [7, 11) is 0. The molecule has 3 unspecified atom stereocenters. The average Bonchev–Trinajstić information content (AvgIpc) is 2.69. The van der Waals surface area contributed by atoms with E-state index in [1.807, 2.05) is 0 Å². The minimum absolute atomic E-state index is 0.0399. The van der Waals surface area contributed by atoms with Crippen LogP contribution < -0.4 is 38.9 Å². The van der Waals surface area contributed by atoms with Crippen molar-refractivity contribution in [3.05, 3.63) is 0 Å². The number of nitrogens with one attached hydrogen (secondary N) is 3. The molecule has 3 atom stereocenters. The van der Waals surface area contributed by atoms with Crippen LogP contribution in [0, 0.1) is 0 Å². The van der Waals surface area contributed by atoms with E-state index in [0.717, 1.165) is 0 Å². The van der Waals surface area contributed by atoms with Crippen molar-refractivity contribution in [1.29, 1.82) is 0 Å². The summed E-state index contributed by atoms with van der Waals surface area (Å²) in [6, 6.07) is -3.78. The number of hydrogen-bond acceptors (Lipinski definition) is 8. The lowest BCUT2D eigenvalue weighted by Gasteiger charge is -2.23. The van der Waals surface area contributed by atoms with Gasteiger partial charge in [-0.3, -0.25) is 29.0 Å². The Morgan fingerprint density at radius 1 is 0.903 bits per heavy atom. The highest BCUT2D eigenvalue weighted by Gasteiger charge is 2.27. The monoisotopic (exact) mass is 446 g/mol. The Balaban J connectivity index is 5.03. The molecule has 0 radical (unpaired) electrons. The van der Waals surface area contributed by atoms with Crippen LogP contribution in [-0.4, -0.2) is 83.6 Å². The number of aliphatic carboxylic acids is 1. The smallest absolute Gasteiger partial charge is 0.322 e. The molecule has 176 valence electrons. The summed E-state index contributed by atoms with van der Waals surface area (Å²) in [6.07, 6.45) is 0.0911. The number of primary amides is 1. The number of amides is 4. The van der Waals surface area contributed by atoms with Gasteiger partial charge in [-0.05, 0) is 19.3 Å². The Morgan fingerprint density at radius 2 is 1.52 bits per heavy atom. The fourth-order valence-corrected chi connectivity index (χ4v) is 2.23. The summed E-state index contributed by atoms with van der Waals surface area (Å²) in [5.41, 5.74) is 21.0. The largest absolute Gasteiger partial charge is 0.480 e. The van der Waals surface area contributed by atoms with E-state index in [-0.39, 0.29) is 38.2 Å². The highest BCUT2D eigenvalue weighted by Crippen LogP contribution is 2.01. The lowest BCUT2D eigenvalue weighted by Crippen LogP contribution is -2.57. The first-order chi connectivity index (χ1) is 14.5. The van der Waals surface area contributed by atoms with Gasteiger partial charge in [0.25, 0.3) is 0 Å². The number of nitrogens with two attached hydrogens (primary N) is 4. The van der Waals surface area contributed by atoms with Gasteiger partial charge in [0.2, 0.25) is 23.6 Å². The van der Waals surface area contributed by atoms with Crippen LogP contribution in [0.25, 0.3) is 0 Å². The van der Waals surface area contributed by atoms with Crippen molar-refractivity contribution in [2.45, 2.75) is 43.8 Å². The maximum atomic E-state index is 12.4. The fraction of sp³-hybridized carbons (Fsp3) is 0.625. The quantitative estimate of drug-likeness (QED) is 0.0654. The van der Waals surface area contributed by atoms with Gasteiger partial charge in [0, 0.05) is 13.0 Å². The summed E-state index contributed by atoms with van der Waals surface area (Å²) < 4.78 is 0. The number of aliphatic imine (C=N–C) groups is 1. The first kappa shape index (κ1) is 27.5. The third-order valence-corrected chi connectivity index (χ3v) is 3.85. The van der Waals surface area contributed by atoms with E-state index in [0.29, 0.717) is 0 Å². The molecule has 4 amide bonds. The van der Waals surface area contributed by atoms with E-state index in [2.05, 4.69) is 20.9 Å². The van der Waals surface area contributed by atoms with Gasteiger partial charge in [-0.2, -0.15) is 0 Å². The van der Waals surface area contributed by atoms with E-state index in [9.17, 15) is 29.1 Å². The summed E-state index contributed by atoms with van der Waals surface area (Å²) in [5.74, 6) is -4.61. The molecule has 15 nitrogen and oxygen atoms in total. The lowest BCUT2D eigenvalue weighted by molar-refractivity contribution is -0.138. The molecule has 31 heavy (non-hydrogen) atoms. The van der Waals surface area contributed by atoms with Crippen molar-refractivity contribution in [1.82, 2.24) is 16.0 Å². The highest BCUT2D eigenvalue weighted by molar-refractivity contribution is 5.93. The number of aliphatic hydroxyl groups is 1. The number of carbonyl (C=O) groups is 5. The number of carbonyl (C=O) groups excluding carboxylic acids is 4. The van der Waals surface area contributed by atoms with Crippen LogP contribution in [-0.2, 0) is 24.0 Å². The van der Waals surface area contributed by atoms with Gasteiger partial charge >= 0.3 is 5.97 Å². The number of carboxylic acids is 1. The molecule has 0 bridgehead atoms. The Kier molecular flexibility index (Phi) is 12.9. The van der Waals surface area contributed by atoms with Crippen LogP contribution in [0.15, 0.2) is 4.99 Å². The number of rotatable bonds is 15. The molecule has 15 heteroatoms. The van der Waals surface area contributed by atoms with Gasteiger partial charge in [0.05, 0.1) is 12.6 Å². The summed E-state index contributed by atoms with van der Waals surface area (Å²) in [4.78, 5) is 61.8. The van der Waals surface area contributed by atoms with E-state index in [4.69, 9.17) is 28.0 Å². The third kappa shape index (κ3) is 12.7. The Morgan fingerprint density at radius 3 is 2.03 bits per heavy atom. The number of aliphatic hydroxyl groups excluding tert-OH is 1. The molecule has 0 aromatic rings. The molecule has 0 aliphatic heterocycles. The molecule has 0 saturated heterocycles. The zero-order valence-electron chi connectivity index (χ0n) is 16.9. The Bertz CT molecular complexity index is 681. The van der Waals surface area contributed by atoms with Gasteiger partial charge in [0.1, 0.15) is 18.6 Å². The van der Waals surface area contributed by atoms with Gasteiger partial charge in [-0.25, -0.2) is 0 Å². The number of carboxylic acid groups (broad SMARTS) is 1. The number of guanidine groups is 1. The summed E-state index contributed by atoms with van der Waals surface area (Å²) in [6.45, 7) is -1.33. The van der Waals surface area contributed by atoms with Crippen LogP contribution in [0.2, 0.25) is 0 Å². The topological polar surface area (TPSA) is 278 Å². The Labute approximate surface area is 178 Å². The fourth-order valence-electron chi connectivity index (χ4n) is 2.23. The predicted octanol–water partition coefficient (Wildman–Crippen LogP) is -5.20. The molecule has 0 aromatic carbocycles. The molecule has 0 fully saturated rings. The number of hydrogen-bond donors (Lipinski definition) is 9. The van der Waals surface area contributed by atoms with Gasteiger partial charge in [0.15, 0.2) is 5.96 Å². The van der Waals surface area contributed by atoms with Crippen molar-refractivity contribution >= 4 is 35.6 Å². The molecule has 13 N–H and O–H groups in total. The lowest BCUT2D eigenvalue weighted by atomic mass is 10.1. The van der Waals surface area contributed by atoms with Gasteiger partial charge in [-0.15, -0.1) is 0 Å². The van der Waals surface area contributed by atoms with Crippen LogP contribution in [0.3, 0.4) is 0 Å². The second-order valence-corrected chi connectivity index (χ2v) is 6.48. The molecular weight excluding hydrogens is 416 g/mol. The van der Waals surface area contributed by atoms with Crippen LogP contribution in [0.4, 0.5) is 0 Å². The van der Waals surface area contributed by atoms with Crippen molar-refractivity contribution < 1.29 is 34.2 Å². The third-order valence-electron chi connectivity index (χ3n) is 3.85. The first-order valence-corrected chi connectivity index (χ1v) is 9.28. The Hall–Kier alpha value is -3.46. The molecule has 0 rings (SSSR count). The predicted molar refractivity (Wildman–Crippen MR) is 108 cm³/mol. The zero-order valence-corrected chi connectivity index (χ0v) is 16.9. The van der Waals surface area contributed by atoms with Gasteiger partial charge in [-0.1, -0.05) is 0 Å². The average molecular weight is 446 g/mol. The van der Waals surface area contributed by atoms with E-state index < -0.39 is 60.9 Å². The molecule has 0 spiro atoms. The number of nitrogens with zero attached hydrogens (tertiary/aromatic N) is 1.